The molecule has 6 heteroatoms. The standard InChI is InChI=1S/C13H11ClN4O/c1-19-11-4-5-12-10(8-11)7-9(13(14)17-12)3-2-6-16-18-15/h2-5,7-8H,6H2,1H3. The van der Waals surface area contributed by atoms with Crippen LogP contribution in [0, 0.1) is 0 Å². The smallest absolute Gasteiger partial charge is 0.136 e. The van der Waals surface area contributed by atoms with Gasteiger partial charge in [0.1, 0.15) is 10.9 Å². The average Bonchev–Trinajstić information content (AvgIpc) is 2.43. The molecule has 0 bridgehead atoms. The van der Waals surface area contributed by atoms with Crippen molar-refractivity contribution >= 4 is 28.6 Å². The van der Waals surface area contributed by atoms with Gasteiger partial charge in [0.2, 0.25) is 0 Å². The Bertz CT molecular complexity index is 678. The minimum atomic E-state index is 0.281. The number of hydrogen-bond donors (Lipinski definition) is 0. The second kappa shape index (κ2) is 6.09. The van der Waals surface area contributed by atoms with Gasteiger partial charge in [-0.25, -0.2) is 4.98 Å². The predicted molar refractivity (Wildman–Crippen MR) is 76.4 cm³/mol. The first kappa shape index (κ1) is 13.2. The number of azide groups is 1. The molecule has 96 valence electrons. The van der Waals surface area contributed by atoms with Gasteiger partial charge in [-0.15, -0.1) is 0 Å². The molecule has 0 aliphatic heterocycles. The first-order valence-corrected chi connectivity index (χ1v) is 5.94. The molecule has 2 rings (SSSR count). The molecule has 5 nitrogen and oxygen atoms in total. The van der Waals surface area contributed by atoms with Crippen LogP contribution in [-0.4, -0.2) is 18.6 Å². The van der Waals surface area contributed by atoms with E-state index in [1.54, 1.807) is 19.3 Å². The molecule has 0 spiro atoms. The van der Waals surface area contributed by atoms with E-state index in [2.05, 4.69) is 15.0 Å². The Morgan fingerprint density at radius 1 is 1.47 bits per heavy atom. The molecule has 1 aromatic carbocycles. The fourth-order valence-electron chi connectivity index (χ4n) is 1.65. The zero-order chi connectivity index (χ0) is 13.7. The lowest BCUT2D eigenvalue weighted by atomic mass is 10.1. The summed E-state index contributed by atoms with van der Waals surface area (Å²) in [4.78, 5) is 6.98. The second-order valence-corrected chi connectivity index (χ2v) is 4.10. The third-order valence-corrected chi connectivity index (χ3v) is 2.85. The maximum absolute atomic E-state index is 8.19. The number of nitrogens with zero attached hydrogens (tertiary/aromatic N) is 4. The van der Waals surface area contributed by atoms with Crippen LogP contribution in [0.1, 0.15) is 5.56 Å². The van der Waals surface area contributed by atoms with Gasteiger partial charge >= 0.3 is 0 Å². The van der Waals surface area contributed by atoms with Crippen molar-refractivity contribution in [3.63, 3.8) is 0 Å². The fourth-order valence-corrected chi connectivity index (χ4v) is 1.86. The molecule has 0 aliphatic carbocycles. The highest BCUT2D eigenvalue weighted by Gasteiger charge is 2.03. The molecule has 0 unspecified atom stereocenters. The van der Waals surface area contributed by atoms with E-state index in [0.717, 1.165) is 22.2 Å². The molecule has 0 amide bonds. The Kier molecular flexibility index (Phi) is 4.23. The van der Waals surface area contributed by atoms with E-state index in [9.17, 15) is 0 Å². The van der Waals surface area contributed by atoms with Crippen LogP contribution >= 0.6 is 11.6 Å². The molecule has 1 aromatic heterocycles. The third-order valence-electron chi connectivity index (χ3n) is 2.55. The van der Waals surface area contributed by atoms with E-state index >= 15 is 0 Å². The van der Waals surface area contributed by atoms with Crippen molar-refractivity contribution in [2.24, 2.45) is 5.11 Å². The average molecular weight is 275 g/mol. The van der Waals surface area contributed by atoms with Gasteiger partial charge in [0.05, 0.1) is 12.6 Å². The summed E-state index contributed by atoms with van der Waals surface area (Å²) in [7, 11) is 1.62. The Morgan fingerprint density at radius 3 is 3.05 bits per heavy atom. The summed E-state index contributed by atoms with van der Waals surface area (Å²) in [5.74, 6) is 0.764. The lowest BCUT2D eigenvalue weighted by molar-refractivity contribution is 0.415. The van der Waals surface area contributed by atoms with Gasteiger partial charge in [-0.2, -0.15) is 0 Å². The summed E-state index contributed by atoms with van der Waals surface area (Å²) >= 11 is 6.09. The van der Waals surface area contributed by atoms with E-state index in [1.165, 1.54) is 0 Å². The van der Waals surface area contributed by atoms with Crippen molar-refractivity contribution in [3.8, 4) is 5.75 Å². The normalized spacial score (nSPS) is 10.6. The molecule has 1 heterocycles. The highest BCUT2D eigenvalue weighted by atomic mass is 35.5. The summed E-state index contributed by atoms with van der Waals surface area (Å²) in [5, 5.41) is 4.77. The minimum absolute atomic E-state index is 0.281. The number of fused-ring (bicyclic) bond motifs is 1. The van der Waals surface area contributed by atoms with Crippen LogP contribution in [-0.2, 0) is 0 Å². The summed E-state index contributed by atoms with van der Waals surface area (Å²) in [6.45, 7) is 0.281. The summed E-state index contributed by atoms with van der Waals surface area (Å²) in [6, 6.07) is 7.50. The quantitative estimate of drug-likeness (QED) is 0.362. The van der Waals surface area contributed by atoms with E-state index in [-0.39, 0.29) is 6.54 Å². The number of aromatic nitrogens is 1. The molecule has 0 N–H and O–H groups in total. The Hall–Kier alpha value is -2.23. The lowest BCUT2D eigenvalue weighted by Gasteiger charge is -2.04. The molecule has 19 heavy (non-hydrogen) atoms. The van der Waals surface area contributed by atoms with Crippen LogP contribution in [0.5, 0.6) is 5.75 Å². The van der Waals surface area contributed by atoms with E-state index in [1.807, 2.05) is 24.3 Å². The molecule has 0 radical (unpaired) electrons. The number of hydrogen-bond acceptors (Lipinski definition) is 3. The minimum Gasteiger partial charge on any atom is -0.497 e. The van der Waals surface area contributed by atoms with Crippen molar-refractivity contribution < 1.29 is 4.74 Å². The molecule has 0 aliphatic rings. The van der Waals surface area contributed by atoms with Crippen molar-refractivity contribution in [1.29, 1.82) is 0 Å². The van der Waals surface area contributed by atoms with Gasteiger partial charge in [-0.1, -0.05) is 28.9 Å². The van der Waals surface area contributed by atoms with Gasteiger partial charge < -0.3 is 4.74 Å². The predicted octanol–water partition coefficient (Wildman–Crippen LogP) is 4.22. The van der Waals surface area contributed by atoms with Crippen LogP contribution in [0.25, 0.3) is 27.4 Å². The molecule has 2 aromatic rings. The van der Waals surface area contributed by atoms with Crippen LogP contribution in [0.3, 0.4) is 0 Å². The van der Waals surface area contributed by atoms with Crippen LogP contribution in [0.15, 0.2) is 35.5 Å². The largest absolute Gasteiger partial charge is 0.497 e. The topological polar surface area (TPSA) is 70.9 Å². The van der Waals surface area contributed by atoms with Gasteiger partial charge in [0, 0.05) is 22.4 Å². The van der Waals surface area contributed by atoms with Crippen LogP contribution in [0.2, 0.25) is 5.15 Å². The zero-order valence-corrected chi connectivity index (χ0v) is 11.0. The third kappa shape index (κ3) is 3.16. The molecule has 0 fully saturated rings. The number of ether oxygens (including phenoxy) is 1. The molecular formula is C13H11ClN4O. The summed E-state index contributed by atoms with van der Waals surface area (Å²) in [6.07, 6.45) is 3.51. The van der Waals surface area contributed by atoms with E-state index in [4.69, 9.17) is 21.9 Å². The highest BCUT2D eigenvalue weighted by molar-refractivity contribution is 6.31. The number of rotatable bonds is 4. The van der Waals surface area contributed by atoms with Crippen LogP contribution < -0.4 is 4.74 Å². The fraction of sp³-hybridized carbons (Fsp3) is 0.154. The first-order chi connectivity index (χ1) is 9.24. The Balaban J connectivity index is 2.41. The molecule has 0 atom stereocenters. The number of methoxy groups -OCH3 is 1. The maximum Gasteiger partial charge on any atom is 0.136 e. The Morgan fingerprint density at radius 2 is 2.32 bits per heavy atom. The Labute approximate surface area is 115 Å². The number of benzene rings is 1. The first-order valence-electron chi connectivity index (χ1n) is 5.56. The monoisotopic (exact) mass is 274 g/mol. The molecule has 0 saturated heterocycles. The lowest BCUT2D eigenvalue weighted by Crippen LogP contribution is -1.87. The van der Waals surface area contributed by atoms with Gasteiger partial charge in [0.15, 0.2) is 0 Å². The van der Waals surface area contributed by atoms with E-state index < -0.39 is 0 Å². The van der Waals surface area contributed by atoms with Gasteiger partial charge in [0.25, 0.3) is 0 Å². The van der Waals surface area contributed by atoms with Crippen molar-refractivity contribution in [2.75, 3.05) is 13.7 Å². The van der Waals surface area contributed by atoms with Gasteiger partial charge in [-0.05, 0) is 29.8 Å². The number of halogens is 1. The highest BCUT2D eigenvalue weighted by Crippen LogP contribution is 2.25. The van der Waals surface area contributed by atoms with Gasteiger partial charge in [-0.3, -0.25) is 0 Å². The van der Waals surface area contributed by atoms with Crippen molar-refractivity contribution in [2.45, 2.75) is 0 Å². The summed E-state index contributed by atoms with van der Waals surface area (Å²) in [5.41, 5.74) is 9.77. The van der Waals surface area contributed by atoms with Crippen LogP contribution in [0.4, 0.5) is 0 Å². The number of pyridine rings is 1. The second-order valence-electron chi connectivity index (χ2n) is 3.74. The van der Waals surface area contributed by atoms with Crippen molar-refractivity contribution in [1.82, 2.24) is 4.98 Å². The maximum atomic E-state index is 8.19. The van der Waals surface area contributed by atoms with Crippen molar-refractivity contribution in [3.05, 3.63) is 51.5 Å². The zero-order valence-electron chi connectivity index (χ0n) is 10.2. The SMILES string of the molecule is COc1ccc2nc(Cl)c(C=CCN=[N+]=[N-])cc2c1. The molecular weight excluding hydrogens is 264 g/mol. The molecule has 0 saturated carbocycles. The summed E-state index contributed by atoms with van der Waals surface area (Å²) < 4.78 is 5.17. The van der Waals surface area contributed by atoms with E-state index in [0.29, 0.717) is 5.15 Å².